The van der Waals surface area contributed by atoms with Crippen molar-refractivity contribution in [2.24, 2.45) is 0 Å². The molecule has 1 fully saturated rings. The third-order valence-electron chi connectivity index (χ3n) is 6.50. The second-order valence-corrected chi connectivity index (χ2v) is 9.03. The molecule has 2 aromatic rings. The van der Waals surface area contributed by atoms with Crippen LogP contribution in [0.2, 0.25) is 0 Å². The van der Waals surface area contributed by atoms with Gasteiger partial charge < -0.3 is 34.6 Å². The molecule has 1 saturated heterocycles. The molecule has 0 bridgehead atoms. The number of unbranched alkanes of at least 4 members (excludes halogenated alkanes) is 1. The lowest BCUT2D eigenvalue weighted by atomic mass is 10.0. The zero-order chi connectivity index (χ0) is 27.5. The number of carbonyl (C=O) groups excluding carboxylic acids is 3. The summed E-state index contributed by atoms with van der Waals surface area (Å²) in [6.45, 7) is 4.37. The van der Waals surface area contributed by atoms with E-state index in [1.165, 1.54) is 21.3 Å². The van der Waals surface area contributed by atoms with E-state index in [1.54, 1.807) is 21.9 Å². The van der Waals surface area contributed by atoms with Gasteiger partial charge in [0, 0.05) is 44.7 Å². The molecule has 10 nitrogen and oxygen atoms in total. The van der Waals surface area contributed by atoms with Crippen LogP contribution in [0, 0.1) is 0 Å². The first-order valence-electron chi connectivity index (χ1n) is 12.9. The van der Waals surface area contributed by atoms with Crippen molar-refractivity contribution in [2.75, 3.05) is 54.1 Å². The summed E-state index contributed by atoms with van der Waals surface area (Å²) < 4.78 is 16.1. The van der Waals surface area contributed by atoms with Crippen LogP contribution >= 0.6 is 0 Å². The molecule has 1 aliphatic heterocycles. The average molecular weight is 527 g/mol. The molecule has 2 N–H and O–H groups in total. The van der Waals surface area contributed by atoms with Crippen molar-refractivity contribution in [3.05, 3.63) is 53.6 Å². The molecule has 206 valence electrons. The number of hydrogen-bond acceptors (Lipinski definition) is 6. The van der Waals surface area contributed by atoms with Crippen molar-refractivity contribution in [3.8, 4) is 17.2 Å². The smallest absolute Gasteiger partial charge is 0.317 e. The van der Waals surface area contributed by atoms with Gasteiger partial charge in [-0.3, -0.25) is 9.59 Å². The normalized spacial score (nSPS) is 13.9. The minimum Gasteiger partial charge on any atom is -0.493 e. The number of rotatable bonds is 11. The predicted molar refractivity (Wildman–Crippen MR) is 144 cm³/mol. The van der Waals surface area contributed by atoms with Crippen LogP contribution in [0.25, 0.3) is 0 Å². The summed E-state index contributed by atoms with van der Waals surface area (Å²) in [6, 6.07) is 11.7. The molecule has 4 amide bonds. The molecular weight excluding hydrogens is 488 g/mol. The van der Waals surface area contributed by atoms with Gasteiger partial charge >= 0.3 is 6.03 Å². The molecule has 0 aromatic heterocycles. The second kappa shape index (κ2) is 14.1. The number of carbonyl (C=O) groups is 3. The number of piperazine rings is 1. The van der Waals surface area contributed by atoms with Crippen LogP contribution in [-0.4, -0.2) is 87.7 Å². The van der Waals surface area contributed by atoms with E-state index in [2.05, 4.69) is 17.6 Å². The fourth-order valence-electron chi connectivity index (χ4n) is 4.34. The lowest BCUT2D eigenvalue weighted by molar-refractivity contribution is -0.134. The number of methoxy groups -OCH3 is 3. The van der Waals surface area contributed by atoms with Crippen LogP contribution in [0.3, 0.4) is 0 Å². The molecule has 1 aliphatic rings. The highest BCUT2D eigenvalue weighted by molar-refractivity contribution is 5.98. The molecule has 10 heteroatoms. The van der Waals surface area contributed by atoms with Gasteiger partial charge in [0.05, 0.1) is 21.3 Å². The van der Waals surface area contributed by atoms with Gasteiger partial charge in [0.25, 0.3) is 5.91 Å². The van der Waals surface area contributed by atoms with E-state index in [9.17, 15) is 14.4 Å². The van der Waals surface area contributed by atoms with Gasteiger partial charge in [-0.25, -0.2) is 4.79 Å². The molecular formula is C28H38N4O6. The highest BCUT2D eigenvalue weighted by Gasteiger charge is 2.31. The van der Waals surface area contributed by atoms with Crippen molar-refractivity contribution in [2.45, 2.75) is 32.2 Å². The number of ether oxygens (including phenoxy) is 3. The van der Waals surface area contributed by atoms with Gasteiger partial charge in [-0.1, -0.05) is 43.7 Å². The molecule has 0 saturated carbocycles. The Morgan fingerprint density at radius 2 is 1.50 bits per heavy atom. The molecule has 3 rings (SSSR count). The lowest BCUT2D eigenvalue weighted by Gasteiger charge is -2.36. The van der Waals surface area contributed by atoms with Crippen LogP contribution in [0.15, 0.2) is 42.5 Å². The van der Waals surface area contributed by atoms with Gasteiger partial charge in [0.15, 0.2) is 11.5 Å². The number of hydrogen-bond donors (Lipinski definition) is 2. The van der Waals surface area contributed by atoms with Crippen molar-refractivity contribution >= 4 is 17.8 Å². The molecule has 0 radical (unpaired) electrons. The van der Waals surface area contributed by atoms with Crippen LogP contribution < -0.4 is 24.8 Å². The number of urea groups is 1. The van der Waals surface area contributed by atoms with Crippen LogP contribution in [0.4, 0.5) is 4.79 Å². The summed E-state index contributed by atoms with van der Waals surface area (Å²) in [5.41, 5.74) is 1.20. The third kappa shape index (κ3) is 7.30. The molecule has 38 heavy (non-hydrogen) atoms. The van der Waals surface area contributed by atoms with Crippen molar-refractivity contribution in [3.63, 3.8) is 0 Å². The van der Waals surface area contributed by atoms with Crippen LogP contribution in [-0.2, 0) is 11.2 Å². The number of nitrogens with zero attached hydrogens (tertiary/aromatic N) is 2. The quantitative estimate of drug-likeness (QED) is 0.436. The van der Waals surface area contributed by atoms with E-state index in [0.717, 1.165) is 18.4 Å². The fraction of sp³-hybridized carbons (Fsp3) is 0.464. The Morgan fingerprint density at radius 3 is 2.05 bits per heavy atom. The Labute approximate surface area is 224 Å². The zero-order valence-corrected chi connectivity index (χ0v) is 22.6. The summed E-state index contributed by atoms with van der Waals surface area (Å²) in [7, 11) is 4.44. The van der Waals surface area contributed by atoms with Gasteiger partial charge in [0.2, 0.25) is 11.7 Å². The summed E-state index contributed by atoms with van der Waals surface area (Å²) >= 11 is 0. The topological polar surface area (TPSA) is 109 Å². The predicted octanol–water partition coefficient (Wildman–Crippen LogP) is 2.71. The Bertz CT molecular complexity index is 1060. The molecule has 1 heterocycles. The zero-order valence-electron chi connectivity index (χ0n) is 22.6. The minimum atomic E-state index is -0.797. The SMILES string of the molecule is CCCCNC(=O)N1CCN(C(=O)C(Cc2ccccc2)NC(=O)c2cc(OC)c(OC)c(OC)c2)CC1. The maximum absolute atomic E-state index is 13.6. The minimum absolute atomic E-state index is 0.109. The van der Waals surface area contributed by atoms with Crippen molar-refractivity contribution in [1.29, 1.82) is 0 Å². The number of nitrogens with one attached hydrogen (secondary N) is 2. The lowest BCUT2D eigenvalue weighted by Crippen LogP contribution is -2.57. The maximum Gasteiger partial charge on any atom is 0.317 e. The Balaban J connectivity index is 1.75. The maximum atomic E-state index is 13.6. The van der Waals surface area contributed by atoms with Crippen molar-refractivity contribution in [1.82, 2.24) is 20.4 Å². The first kappa shape index (κ1) is 28.6. The molecule has 0 aliphatic carbocycles. The van der Waals surface area contributed by atoms with E-state index < -0.39 is 11.9 Å². The highest BCUT2D eigenvalue weighted by atomic mass is 16.5. The number of amides is 4. The van der Waals surface area contributed by atoms with E-state index in [0.29, 0.717) is 56.4 Å². The van der Waals surface area contributed by atoms with Gasteiger partial charge in [-0.2, -0.15) is 0 Å². The molecule has 2 aromatic carbocycles. The largest absolute Gasteiger partial charge is 0.493 e. The first-order valence-corrected chi connectivity index (χ1v) is 12.9. The van der Waals surface area contributed by atoms with E-state index in [-0.39, 0.29) is 17.5 Å². The Hall–Kier alpha value is -3.95. The van der Waals surface area contributed by atoms with Gasteiger partial charge in [0.1, 0.15) is 6.04 Å². The molecule has 1 unspecified atom stereocenters. The summed E-state index contributed by atoms with van der Waals surface area (Å²) in [4.78, 5) is 42.8. The Morgan fingerprint density at radius 1 is 0.895 bits per heavy atom. The van der Waals surface area contributed by atoms with Gasteiger partial charge in [-0.05, 0) is 24.1 Å². The second-order valence-electron chi connectivity index (χ2n) is 9.03. The van der Waals surface area contributed by atoms with Crippen LogP contribution in [0.5, 0.6) is 17.2 Å². The van der Waals surface area contributed by atoms with E-state index in [4.69, 9.17) is 14.2 Å². The van der Waals surface area contributed by atoms with Crippen LogP contribution in [0.1, 0.15) is 35.7 Å². The average Bonchev–Trinajstić information content (AvgIpc) is 2.96. The third-order valence-corrected chi connectivity index (χ3v) is 6.50. The summed E-state index contributed by atoms with van der Waals surface area (Å²) in [5.74, 6) is 0.431. The summed E-state index contributed by atoms with van der Waals surface area (Å²) in [5, 5.41) is 5.83. The molecule has 1 atom stereocenters. The molecule has 0 spiro atoms. The summed E-state index contributed by atoms with van der Waals surface area (Å²) in [6.07, 6.45) is 2.26. The van der Waals surface area contributed by atoms with E-state index >= 15 is 0 Å². The first-order chi connectivity index (χ1) is 18.4. The highest BCUT2D eigenvalue weighted by Crippen LogP contribution is 2.38. The van der Waals surface area contributed by atoms with E-state index in [1.807, 2.05) is 30.3 Å². The Kier molecular flexibility index (Phi) is 10.6. The standard InChI is InChI=1S/C28H38N4O6/c1-5-6-12-29-28(35)32-15-13-31(14-16-32)27(34)22(17-20-10-8-7-9-11-20)30-26(33)21-18-23(36-2)25(38-4)24(19-21)37-3/h7-11,18-19,22H,5-6,12-17H2,1-4H3,(H,29,35)(H,30,33). The van der Waals surface area contributed by atoms with Gasteiger partial charge in [-0.15, -0.1) is 0 Å². The fourth-order valence-corrected chi connectivity index (χ4v) is 4.34. The van der Waals surface area contributed by atoms with Crippen molar-refractivity contribution < 1.29 is 28.6 Å². The number of benzene rings is 2. The monoisotopic (exact) mass is 526 g/mol.